The van der Waals surface area contributed by atoms with Crippen molar-refractivity contribution in [1.82, 2.24) is 4.98 Å². The number of anilines is 1. The van der Waals surface area contributed by atoms with Crippen molar-refractivity contribution in [2.45, 2.75) is 26.3 Å². The molecule has 1 aromatic heterocycles. The van der Waals surface area contributed by atoms with Gasteiger partial charge in [0.05, 0.1) is 35.5 Å². The van der Waals surface area contributed by atoms with Crippen molar-refractivity contribution in [3.8, 4) is 11.5 Å². The van der Waals surface area contributed by atoms with E-state index in [4.69, 9.17) is 21.1 Å². The summed E-state index contributed by atoms with van der Waals surface area (Å²) in [6.45, 7) is 4.76. The van der Waals surface area contributed by atoms with E-state index in [9.17, 15) is 14.7 Å². The van der Waals surface area contributed by atoms with Crippen molar-refractivity contribution < 1.29 is 24.2 Å². The Balaban J connectivity index is 1.58. The highest BCUT2D eigenvalue weighted by atomic mass is 35.5. The monoisotopic (exact) mass is 588 g/mol. The molecule has 1 aliphatic rings. The molecule has 4 aromatic rings. The molecule has 2 heterocycles. The minimum Gasteiger partial charge on any atom is -0.503 e. The second-order valence-corrected chi connectivity index (χ2v) is 11.4. The third-order valence-corrected chi connectivity index (χ3v) is 7.95. The lowest BCUT2D eigenvalue weighted by atomic mass is 9.95. The number of aliphatic hydroxyl groups is 1. The van der Waals surface area contributed by atoms with Crippen LogP contribution in [-0.4, -0.2) is 35.5 Å². The molecule has 3 aromatic carbocycles. The SMILES string of the molecule is COc1cc(C2C(C(=O)C=Cc3ccccc3)=C(O)C(=O)N2c2nc3ccc(Cl)cc3s2)ccc1OCCC(C)C. The number of benzene rings is 3. The van der Waals surface area contributed by atoms with Crippen LogP contribution in [0, 0.1) is 5.92 Å². The fourth-order valence-electron chi connectivity index (χ4n) is 4.56. The first kappa shape index (κ1) is 28.4. The van der Waals surface area contributed by atoms with Crippen LogP contribution < -0.4 is 14.4 Å². The topological polar surface area (TPSA) is 89.0 Å². The van der Waals surface area contributed by atoms with Gasteiger partial charge >= 0.3 is 0 Å². The lowest BCUT2D eigenvalue weighted by molar-refractivity contribution is -0.117. The number of carbonyl (C=O) groups excluding carboxylic acids is 2. The molecule has 0 saturated carbocycles. The summed E-state index contributed by atoms with van der Waals surface area (Å²) in [6, 6.07) is 18.9. The van der Waals surface area contributed by atoms with Gasteiger partial charge in [-0.15, -0.1) is 0 Å². The van der Waals surface area contributed by atoms with E-state index < -0.39 is 23.5 Å². The molecule has 41 heavy (non-hydrogen) atoms. The molecular formula is C32H29ClN2O5S. The molecule has 1 amide bonds. The van der Waals surface area contributed by atoms with E-state index in [0.29, 0.717) is 45.3 Å². The normalized spacial score (nSPS) is 15.5. The van der Waals surface area contributed by atoms with E-state index in [2.05, 4.69) is 18.8 Å². The van der Waals surface area contributed by atoms with E-state index in [-0.39, 0.29) is 5.57 Å². The number of aromatic nitrogens is 1. The van der Waals surface area contributed by atoms with Crippen molar-refractivity contribution in [2.75, 3.05) is 18.6 Å². The zero-order chi connectivity index (χ0) is 29.1. The molecule has 0 spiro atoms. The van der Waals surface area contributed by atoms with Crippen LogP contribution >= 0.6 is 22.9 Å². The first-order valence-electron chi connectivity index (χ1n) is 13.2. The standard InChI is InChI=1S/C32H29ClN2O5S/c1-19(2)15-16-40-25-14-10-21(17-26(25)39-3)29-28(24(36)13-9-20-7-5-4-6-8-20)30(37)31(38)35(29)32-34-23-12-11-22(33)18-27(23)41-32/h4-14,17-19,29,37H,15-16H2,1-3H3. The number of carbonyl (C=O) groups is 2. The van der Waals surface area contributed by atoms with E-state index in [0.717, 1.165) is 16.7 Å². The smallest absolute Gasteiger partial charge is 0.296 e. The molecule has 0 fully saturated rings. The Hall–Kier alpha value is -4.14. The molecule has 0 radical (unpaired) electrons. The van der Waals surface area contributed by atoms with Gasteiger partial charge in [-0.1, -0.05) is 79.3 Å². The van der Waals surface area contributed by atoms with Gasteiger partial charge in [-0.25, -0.2) is 4.98 Å². The summed E-state index contributed by atoms with van der Waals surface area (Å²) in [7, 11) is 1.53. The molecule has 0 saturated heterocycles. The first-order valence-corrected chi connectivity index (χ1v) is 14.4. The first-order chi connectivity index (χ1) is 19.8. The number of hydrogen-bond acceptors (Lipinski definition) is 7. The molecule has 1 unspecified atom stereocenters. The van der Waals surface area contributed by atoms with Crippen molar-refractivity contribution in [1.29, 1.82) is 0 Å². The van der Waals surface area contributed by atoms with Gasteiger partial charge in [-0.3, -0.25) is 14.5 Å². The molecule has 210 valence electrons. The predicted octanol–water partition coefficient (Wildman–Crippen LogP) is 7.57. The van der Waals surface area contributed by atoms with Crippen molar-refractivity contribution >= 4 is 56.1 Å². The molecule has 1 N–H and O–H groups in total. The van der Waals surface area contributed by atoms with Crippen LogP contribution in [0.25, 0.3) is 16.3 Å². The Morgan fingerprint density at radius 3 is 2.63 bits per heavy atom. The summed E-state index contributed by atoms with van der Waals surface area (Å²) in [6.07, 6.45) is 3.89. The Bertz CT molecular complexity index is 1660. The van der Waals surface area contributed by atoms with Crippen LogP contribution in [0.4, 0.5) is 5.13 Å². The molecule has 5 rings (SSSR count). The van der Waals surface area contributed by atoms with Crippen LogP contribution in [0.5, 0.6) is 11.5 Å². The number of allylic oxidation sites excluding steroid dienone is 1. The van der Waals surface area contributed by atoms with Crippen LogP contribution in [0.2, 0.25) is 5.02 Å². The summed E-state index contributed by atoms with van der Waals surface area (Å²) in [4.78, 5) is 33.2. The zero-order valence-corrected chi connectivity index (χ0v) is 24.4. The summed E-state index contributed by atoms with van der Waals surface area (Å²) < 4.78 is 12.4. The molecule has 1 atom stereocenters. The van der Waals surface area contributed by atoms with E-state index >= 15 is 0 Å². The Morgan fingerprint density at radius 1 is 1.12 bits per heavy atom. The third kappa shape index (κ3) is 5.99. The average Bonchev–Trinajstić information content (AvgIpc) is 3.49. The van der Waals surface area contributed by atoms with E-state index in [1.807, 2.05) is 30.3 Å². The minimum atomic E-state index is -0.954. The fraction of sp³-hybridized carbons (Fsp3) is 0.219. The zero-order valence-electron chi connectivity index (χ0n) is 22.8. The second kappa shape index (κ2) is 12.2. The third-order valence-electron chi connectivity index (χ3n) is 6.70. The second-order valence-electron chi connectivity index (χ2n) is 10.00. The number of fused-ring (bicyclic) bond motifs is 1. The van der Waals surface area contributed by atoms with Crippen molar-refractivity contribution in [3.05, 3.63) is 100 Å². The van der Waals surface area contributed by atoms with Crippen LogP contribution in [0.1, 0.15) is 37.4 Å². The Labute approximate surface area is 247 Å². The summed E-state index contributed by atoms with van der Waals surface area (Å²) in [5.74, 6) is -0.348. The summed E-state index contributed by atoms with van der Waals surface area (Å²) in [5.41, 5.74) is 1.97. The van der Waals surface area contributed by atoms with Gasteiger partial charge in [-0.05, 0) is 59.9 Å². The number of ketones is 1. The minimum absolute atomic E-state index is 0.0463. The van der Waals surface area contributed by atoms with Gasteiger partial charge in [0.2, 0.25) is 0 Å². The Morgan fingerprint density at radius 2 is 1.90 bits per heavy atom. The number of hydrogen-bond donors (Lipinski definition) is 1. The molecule has 0 bridgehead atoms. The lowest BCUT2D eigenvalue weighted by Crippen LogP contribution is -2.30. The number of ether oxygens (including phenoxy) is 2. The lowest BCUT2D eigenvalue weighted by Gasteiger charge is -2.25. The number of rotatable bonds is 10. The number of nitrogens with zero attached hydrogens (tertiary/aromatic N) is 2. The number of halogens is 1. The maximum atomic E-state index is 13.6. The number of aliphatic hydroxyl groups excluding tert-OH is 1. The van der Waals surface area contributed by atoms with Gasteiger partial charge in [0.15, 0.2) is 28.2 Å². The van der Waals surface area contributed by atoms with Crippen LogP contribution in [0.3, 0.4) is 0 Å². The molecular weight excluding hydrogens is 560 g/mol. The number of amides is 1. The predicted molar refractivity (Wildman–Crippen MR) is 163 cm³/mol. The number of thiazole rings is 1. The molecule has 1 aliphatic heterocycles. The van der Waals surface area contributed by atoms with Gasteiger partial charge in [0, 0.05) is 5.02 Å². The Kier molecular flexibility index (Phi) is 8.42. The summed E-state index contributed by atoms with van der Waals surface area (Å²) >= 11 is 7.44. The fourth-order valence-corrected chi connectivity index (χ4v) is 5.83. The van der Waals surface area contributed by atoms with Gasteiger partial charge in [-0.2, -0.15) is 0 Å². The highest BCUT2D eigenvalue weighted by Crippen LogP contribution is 2.45. The maximum Gasteiger partial charge on any atom is 0.296 e. The van der Waals surface area contributed by atoms with Crippen molar-refractivity contribution in [3.63, 3.8) is 0 Å². The highest BCUT2D eigenvalue weighted by molar-refractivity contribution is 7.22. The van der Waals surface area contributed by atoms with Crippen LogP contribution in [0.15, 0.2) is 84.1 Å². The quantitative estimate of drug-likeness (QED) is 0.192. The van der Waals surface area contributed by atoms with Crippen LogP contribution in [-0.2, 0) is 9.59 Å². The van der Waals surface area contributed by atoms with Crippen molar-refractivity contribution in [2.24, 2.45) is 5.92 Å². The molecule has 9 heteroatoms. The number of methoxy groups -OCH3 is 1. The van der Waals surface area contributed by atoms with E-state index in [1.165, 1.54) is 29.4 Å². The van der Waals surface area contributed by atoms with Gasteiger partial charge in [0.1, 0.15) is 0 Å². The average molecular weight is 589 g/mol. The maximum absolute atomic E-state index is 13.6. The molecule has 7 nitrogen and oxygen atoms in total. The summed E-state index contributed by atoms with van der Waals surface area (Å²) in [5, 5.41) is 12.0. The molecule has 0 aliphatic carbocycles. The largest absolute Gasteiger partial charge is 0.503 e. The highest BCUT2D eigenvalue weighted by Gasteiger charge is 2.45. The van der Waals surface area contributed by atoms with Gasteiger partial charge < -0.3 is 14.6 Å². The van der Waals surface area contributed by atoms with Gasteiger partial charge in [0.25, 0.3) is 5.91 Å². The van der Waals surface area contributed by atoms with E-state index in [1.54, 1.807) is 42.5 Å².